The number of hydrogen-bond acceptors (Lipinski definition) is 6. The molecule has 140 valence electrons. The Morgan fingerprint density at radius 2 is 1.85 bits per heavy atom. The van der Waals surface area contributed by atoms with Crippen molar-refractivity contribution in [2.75, 3.05) is 26.2 Å². The highest BCUT2D eigenvalue weighted by atomic mass is 32.2. The molecule has 1 fully saturated rings. The molecule has 0 saturated carbocycles. The lowest BCUT2D eigenvalue weighted by Crippen LogP contribution is -2.48. The Morgan fingerprint density at radius 3 is 2.38 bits per heavy atom. The van der Waals surface area contributed by atoms with Crippen LogP contribution in [0.2, 0.25) is 0 Å². The van der Waals surface area contributed by atoms with Crippen molar-refractivity contribution in [1.29, 1.82) is 0 Å². The average molecular weight is 395 g/mol. The molecule has 0 radical (unpaired) electrons. The van der Waals surface area contributed by atoms with Gasteiger partial charge < -0.3 is 5.73 Å². The summed E-state index contributed by atoms with van der Waals surface area (Å²) in [6.45, 7) is 5.03. The summed E-state index contributed by atoms with van der Waals surface area (Å²) < 4.78 is 27.0. The molecule has 0 spiro atoms. The van der Waals surface area contributed by atoms with E-state index >= 15 is 0 Å². The van der Waals surface area contributed by atoms with Crippen molar-refractivity contribution in [3.05, 3.63) is 45.9 Å². The Hall–Kier alpha value is -1.81. The molecule has 0 atom stereocenters. The number of benzene rings is 1. The maximum atomic E-state index is 12.8. The number of piperazine rings is 1. The second kappa shape index (κ2) is 7.83. The van der Waals surface area contributed by atoms with E-state index in [9.17, 15) is 13.2 Å². The maximum Gasteiger partial charge on any atom is 0.248 e. The SMILES string of the molecule is CCc1nc(CN2CCN(S(=O)(=O)c3ccc(C(N)=O)cc3)CC2)cs1. The summed E-state index contributed by atoms with van der Waals surface area (Å²) in [5.74, 6) is -0.573. The zero-order valence-electron chi connectivity index (χ0n) is 14.6. The van der Waals surface area contributed by atoms with Gasteiger partial charge in [-0.05, 0) is 30.7 Å². The normalized spacial score (nSPS) is 16.7. The predicted octanol–water partition coefficient (Wildman–Crippen LogP) is 1.31. The smallest absolute Gasteiger partial charge is 0.248 e. The third-order valence-electron chi connectivity index (χ3n) is 4.40. The van der Waals surface area contributed by atoms with Crippen LogP contribution >= 0.6 is 11.3 Å². The first-order valence-corrected chi connectivity index (χ1v) is 10.8. The van der Waals surface area contributed by atoms with Crippen LogP contribution in [0.3, 0.4) is 0 Å². The van der Waals surface area contributed by atoms with Crippen LogP contribution in [0.1, 0.15) is 28.0 Å². The zero-order chi connectivity index (χ0) is 18.7. The first kappa shape index (κ1) is 19.0. The van der Waals surface area contributed by atoms with E-state index in [1.165, 1.54) is 28.6 Å². The molecular formula is C17H22N4O3S2. The quantitative estimate of drug-likeness (QED) is 0.797. The monoisotopic (exact) mass is 394 g/mol. The Morgan fingerprint density at radius 1 is 1.19 bits per heavy atom. The lowest BCUT2D eigenvalue weighted by Gasteiger charge is -2.33. The molecule has 1 saturated heterocycles. The number of amides is 1. The number of sulfonamides is 1. The van der Waals surface area contributed by atoms with Gasteiger partial charge in [-0.15, -0.1) is 11.3 Å². The van der Waals surface area contributed by atoms with Crippen LogP contribution < -0.4 is 5.73 Å². The van der Waals surface area contributed by atoms with Crippen molar-refractivity contribution in [1.82, 2.24) is 14.2 Å². The van der Waals surface area contributed by atoms with Crippen molar-refractivity contribution in [2.45, 2.75) is 24.8 Å². The van der Waals surface area contributed by atoms with Gasteiger partial charge in [-0.1, -0.05) is 6.92 Å². The van der Waals surface area contributed by atoms with Gasteiger partial charge in [0, 0.05) is 43.7 Å². The summed E-state index contributed by atoms with van der Waals surface area (Å²) in [6, 6.07) is 5.75. The fourth-order valence-electron chi connectivity index (χ4n) is 2.88. The molecule has 0 unspecified atom stereocenters. The van der Waals surface area contributed by atoms with Crippen molar-refractivity contribution in [3.63, 3.8) is 0 Å². The molecule has 0 bridgehead atoms. The minimum Gasteiger partial charge on any atom is -0.366 e. The molecule has 7 nitrogen and oxygen atoms in total. The van der Waals surface area contributed by atoms with E-state index in [1.54, 1.807) is 11.3 Å². The third kappa shape index (κ3) is 4.12. The molecule has 0 aliphatic carbocycles. The Balaban J connectivity index is 1.61. The number of primary amides is 1. The van der Waals surface area contributed by atoms with Crippen LogP contribution in [0.4, 0.5) is 0 Å². The predicted molar refractivity (Wildman–Crippen MR) is 100 cm³/mol. The number of carbonyl (C=O) groups is 1. The van der Waals surface area contributed by atoms with Gasteiger partial charge in [-0.2, -0.15) is 4.31 Å². The molecule has 1 aromatic carbocycles. The number of nitrogens with two attached hydrogens (primary N) is 1. The molecule has 2 N–H and O–H groups in total. The summed E-state index contributed by atoms with van der Waals surface area (Å²) in [5.41, 5.74) is 6.54. The Labute approximate surface area is 157 Å². The number of aryl methyl sites for hydroxylation is 1. The van der Waals surface area contributed by atoms with E-state index < -0.39 is 15.9 Å². The van der Waals surface area contributed by atoms with Gasteiger partial charge in [0.15, 0.2) is 0 Å². The summed E-state index contributed by atoms with van der Waals surface area (Å²) in [5, 5.41) is 3.20. The lowest BCUT2D eigenvalue weighted by molar-refractivity contribution is 0.1000. The van der Waals surface area contributed by atoms with Gasteiger partial charge in [-0.25, -0.2) is 13.4 Å². The number of nitrogens with zero attached hydrogens (tertiary/aromatic N) is 3. The summed E-state index contributed by atoms with van der Waals surface area (Å²) in [7, 11) is -3.56. The summed E-state index contributed by atoms with van der Waals surface area (Å²) >= 11 is 1.67. The van der Waals surface area contributed by atoms with Crippen molar-refractivity contribution < 1.29 is 13.2 Å². The zero-order valence-corrected chi connectivity index (χ0v) is 16.2. The lowest BCUT2D eigenvalue weighted by atomic mass is 10.2. The van der Waals surface area contributed by atoms with Gasteiger partial charge in [-0.3, -0.25) is 9.69 Å². The van der Waals surface area contributed by atoms with E-state index in [4.69, 9.17) is 5.73 Å². The topological polar surface area (TPSA) is 96.6 Å². The fourth-order valence-corrected chi connectivity index (χ4v) is 5.04. The second-order valence-electron chi connectivity index (χ2n) is 6.15. The molecule has 3 rings (SSSR count). The minimum atomic E-state index is -3.56. The number of rotatable bonds is 6. The van der Waals surface area contributed by atoms with E-state index in [0.717, 1.165) is 23.7 Å². The highest BCUT2D eigenvalue weighted by Gasteiger charge is 2.28. The van der Waals surface area contributed by atoms with Crippen LogP contribution in [-0.2, 0) is 23.0 Å². The van der Waals surface area contributed by atoms with Gasteiger partial charge in [0.25, 0.3) is 0 Å². The number of thiazole rings is 1. The third-order valence-corrected chi connectivity index (χ3v) is 7.35. The van der Waals surface area contributed by atoms with Gasteiger partial charge >= 0.3 is 0 Å². The first-order chi connectivity index (χ1) is 12.4. The summed E-state index contributed by atoms with van der Waals surface area (Å²) in [4.78, 5) is 18.1. The molecule has 1 aromatic heterocycles. The van der Waals surface area contributed by atoms with Crippen LogP contribution in [0.25, 0.3) is 0 Å². The minimum absolute atomic E-state index is 0.183. The molecular weight excluding hydrogens is 372 g/mol. The molecule has 1 aliphatic heterocycles. The molecule has 2 heterocycles. The molecule has 26 heavy (non-hydrogen) atoms. The highest BCUT2D eigenvalue weighted by Crippen LogP contribution is 2.19. The number of aromatic nitrogens is 1. The molecule has 2 aromatic rings. The Bertz CT molecular complexity index is 870. The molecule has 1 aliphatic rings. The van der Waals surface area contributed by atoms with E-state index in [2.05, 4.69) is 22.2 Å². The molecule has 1 amide bonds. The summed E-state index contributed by atoms with van der Waals surface area (Å²) in [6.07, 6.45) is 0.936. The first-order valence-electron chi connectivity index (χ1n) is 8.46. The number of carbonyl (C=O) groups excluding carboxylic acids is 1. The van der Waals surface area contributed by atoms with Crippen LogP contribution in [0.5, 0.6) is 0 Å². The van der Waals surface area contributed by atoms with Gasteiger partial charge in [0.1, 0.15) is 0 Å². The standard InChI is InChI=1S/C17H22N4O3S2/c1-2-16-19-14(12-25-16)11-20-7-9-21(10-8-20)26(23,24)15-5-3-13(4-6-15)17(18)22/h3-6,12H,2,7-11H2,1H3,(H2,18,22). The van der Waals surface area contributed by atoms with Crippen LogP contribution in [0.15, 0.2) is 34.5 Å². The van der Waals surface area contributed by atoms with E-state index in [-0.39, 0.29) is 4.90 Å². The van der Waals surface area contributed by atoms with E-state index in [0.29, 0.717) is 31.7 Å². The maximum absolute atomic E-state index is 12.8. The van der Waals surface area contributed by atoms with Crippen LogP contribution in [-0.4, -0.2) is 54.7 Å². The molecule has 9 heteroatoms. The van der Waals surface area contributed by atoms with Crippen molar-refractivity contribution in [2.24, 2.45) is 5.73 Å². The van der Waals surface area contributed by atoms with Gasteiger partial charge in [0.05, 0.1) is 15.6 Å². The fraction of sp³-hybridized carbons (Fsp3) is 0.412. The second-order valence-corrected chi connectivity index (χ2v) is 9.04. The van der Waals surface area contributed by atoms with Crippen molar-refractivity contribution in [3.8, 4) is 0 Å². The highest BCUT2D eigenvalue weighted by molar-refractivity contribution is 7.89. The largest absolute Gasteiger partial charge is 0.366 e. The Kier molecular flexibility index (Phi) is 5.71. The van der Waals surface area contributed by atoms with Crippen molar-refractivity contribution >= 4 is 27.3 Å². The number of hydrogen-bond donors (Lipinski definition) is 1. The van der Waals surface area contributed by atoms with Gasteiger partial charge in [0.2, 0.25) is 15.9 Å². The van der Waals surface area contributed by atoms with E-state index in [1.807, 2.05) is 0 Å². The van der Waals surface area contributed by atoms with Crippen LogP contribution in [0, 0.1) is 0 Å². The average Bonchev–Trinajstić information content (AvgIpc) is 3.10.